The summed E-state index contributed by atoms with van der Waals surface area (Å²) in [5.41, 5.74) is 10.5. The molecule has 2 aromatic carbocycles. The van der Waals surface area contributed by atoms with Gasteiger partial charge in [-0.3, -0.25) is 4.79 Å². The molecular formula is C23H28N2O6. The van der Waals surface area contributed by atoms with E-state index in [1.165, 1.54) is 0 Å². The molecular weight excluding hydrogens is 400 g/mol. The van der Waals surface area contributed by atoms with Gasteiger partial charge in [-0.1, -0.05) is 30.3 Å². The van der Waals surface area contributed by atoms with E-state index in [1.54, 1.807) is 13.1 Å². The van der Waals surface area contributed by atoms with Crippen LogP contribution in [0.1, 0.15) is 27.5 Å². The van der Waals surface area contributed by atoms with E-state index in [4.69, 9.17) is 10.5 Å². The van der Waals surface area contributed by atoms with Crippen molar-refractivity contribution in [1.82, 2.24) is 5.32 Å². The highest BCUT2D eigenvalue weighted by atomic mass is 16.7. The van der Waals surface area contributed by atoms with Gasteiger partial charge in [0.15, 0.2) is 5.79 Å². The molecule has 2 aliphatic rings. The fraction of sp³-hybridized carbons (Fsp3) is 0.435. The van der Waals surface area contributed by atoms with Crippen LogP contribution in [0.5, 0.6) is 0 Å². The summed E-state index contributed by atoms with van der Waals surface area (Å²) >= 11 is 0. The summed E-state index contributed by atoms with van der Waals surface area (Å²) in [6, 6.07) is 12.4. The molecule has 0 spiro atoms. The first-order valence-corrected chi connectivity index (χ1v) is 10.3. The predicted octanol–water partition coefficient (Wildman–Crippen LogP) is 0.0689. The molecule has 4 unspecified atom stereocenters. The number of aliphatic hydroxyl groups excluding tert-OH is 3. The zero-order valence-electron chi connectivity index (χ0n) is 17.4. The Morgan fingerprint density at radius 3 is 2.55 bits per heavy atom. The standard InChI is InChI=1S/C23H28N2O6/c1-11-8-13(12-4-3-5-14(9-12)22(29)25-2)6-7-15(11)18(24)21-17-20(28)19(27)16(10-26)23(17,30)31-21/h3-9,16-21,26-28,30H,10,24H2,1-2H3,(H,25,29)/t16?,17?,18?,19-,20?,21+,23+/m1/s1. The molecule has 1 saturated carbocycles. The van der Waals surface area contributed by atoms with Crippen LogP contribution in [0.4, 0.5) is 0 Å². The first-order valence-electron chi connectivity index (χ1n) is 10.3. The number of hydrogen-bond donors (Lipinski definition) is 6. The van der Waals surface area contributed by atoms with E-state index >= 15 is 0 Å². The molecule has 0 aromatic heterocycles. The van der Waals surface area contributed by atoms with E-state index in [-0.39, 0.29) is 5.91 Å². The van der Waals surface area contributed by atoms with Gasteiger partial charge in [0.2, 0.25) is 0 Å². The number of benzene rings is 2. The summed E-state index contributed by atoms with van der Waals surface area (Å²) in [5, 5.41) is 43.3. The van der Waals surface area contributed by atoms with Gasteiger partial charge in [-0.25, -0.2) is 0 Å². The maximum atomic E-state index is 11.9. The van der Waals surface area contributed by atoms with Crippen molar-refractivity contribution >= 4 is 5.91 Å². The number of rotatable bonds is 5. The number of fused-ring (bicyclic) bond motifs is 1. The summed E-state index contributed by atoms with van der Waals surface area (Å²) in [6.07, 6.45) is -3.22. The number of carbonyl (C=O) groups is 1. The van der Waals surface area contributed by atoms with Crippen LogP contribution in [0.25, 0.3) is 11.1 Å². The Labute approximate surface area is 180 Å². The molecule has 2 aromatic rings. The molecule has 8 heteroatoms. The Morgan fingerprint density at radius 1 is 1.19 bits per heavy atom. The first kappa shape index (κ1) is 21.9. The molecule has 1 amide bonds. The van der Waals surface area contributed by atoms with Crippen LogP contribution in [-0.4, -0.2) is 64.1 Å². The minimum atomic E-state index is -1.79. The van der Waals surface area contributed by atoms with Gasteiger partial charge in [0.1, 0.15) is 0 Å². The Kier molecular flexibility index (Phi) is 5.63. The van der Waals surface area contributed by atoms with E-state index in [0.717, 1.165) is 22.3 Å². The third-order valence-electron chi connectivity index (χ3n) is 6.68. The summed E-state index contributed by atoms with van der Waals surface area (Å²) < 4.78 is 5.64. The van der Waals surface area contributed by atoms with Crippen LogP contribution in [0, 0.1) is 18.8 Å². The van der Waals surface area contributed by atoms with Gasteiger partial charge in [-0.2, -0.15) is 0 Å². The molecule has 1 aliphatic heterocycles. The lowest BCUT2D eigenvalue weighted by Gasteiger charge is -2.52. The van der Waals surface area contributed by atoms with Crippen molar-refractivity contribution in [2.24, 2.45) is 17.6 Å². The molecule has 8 nitrogen and oxygen atoms in total. The molecule has 0 bridgehead atoms. The van der Waals surface area contributed by atoms with Gasteiger partial charge in [0, 0.05) is 12.6 Å². The molecule has 166 valence electrons. The molecule has 1 heterocycles. The number of amides is 1. The number of hydrogen-bond acceptors (Lipinski definition) is 7. The van der Waals surface area contributed by atoms with Gasteiger partial charge in [0.05, 0.1) is 42.8 Å². The van der Waals surface area contributed by atoms with Crippen LogP contribution in [-0.2, 0) is 4.74 Å². The number of nitrogens with two attached hydrogens (primary N) is 1. The Morgan fingerprint density at radius 2 is 1.90 bits per heavy atom. The maximum absolute atomic E-state index is 11.9. The third kappa shape index (κ3) is 3.36. The zero-order chi connectivity index (χ0) is 22.5. The number of ether oxygens (including phenoxy) is 1. The molecule has 2 fully saturated rings. The Bertz CT molecular complexity index is 998. The molecule has 1 saturated heterocycles. The van der Waals surface area contributed by atoms with E-state index in [9.17, 15) is 25.2 Å². The quantitative estimate of drug-likeness (QED) is 0.395. The van der Waals surface area contributed by atoms with Crippen molar-refractivity contribution in [2.75, 3.05) is 13.7 Å². The van der Waals surface area contributed by atoms with Crippen molar-refractivity contribution in [3.63, 3.8) is 0 Å². The lowest BCUT2D eigenvalue weighted by Crippen LogP contribution is -2.65. The normalized spacial score (nSPS) is 32.8. The van der Waals surface area contributed by atoms with Crippen LogP contribution in [0.15, 0.2) is 42.5 Å². The molecule has 7 N–H and O–H groups in total. The Hall–Kier alpha value is -2.33. The SMILES string of the molecule is CNC(=O)c1cccc(-c2ccc(C(N)[C@H]3O[C@@]4(O)C(CO)[C@@H](O)C(O)C34)c(C)c2)c1. The van der Waals surface area contributed by atoms with Crippen molar-refractivity contribution in [3.05, 3.63) is 59.2 Å². The average molecular weight is 428 g/mol. The molecule has 4 rings (SSSR count). The average Bonchev–Trinajstić information content (AvgIpc) is 2.90. The van der Waals surface area contributed by atoms with E-state index < -0.39 is 48.6 Å². The second kappa shape index (κ2) is 7.98. The summed E-state index contributed by atoms with van der Waals surface area (Å²) in [5.74, 6) is -3.72. The molecule has 7 atom stereocenters. The first-order chi connectivity index (χ1) is 14.7. The van der Waals surface area contributed by atoms with E-state index in [2.05, 4.69) is 5.32 Å². The highest BCUT2D eigenvalue weighted by molar-refractivity contribution is 5.95. The van der Waals surface area contributed by atoms with Gasteiger partial charge in [-0.05, 0) is 41.3 Å². The van der Waals surface area contributed by atoms with Crippen molar-refractivity contribution < 1.29 is 30.0 Å². The molecule has 1 aliphatic carbocycles. The second-order valence-electron chi connectivity index (χ2n) is 8.39. The van der Waals surface area contributed by atoms with Gasteiger partial charge in [-0.15, -0.1) is 0 Å². The minimum absolute atomic E-state index is 0.162. The fourth-order valence-corrected chi connectivity index (χ4v) is 4.93. The van der Waals surface area contributed by atoms with Crippen molar-refractivity contribution in [3.8, 4) is 11.1 Å². The molecule has 0 radical (unpaired) electrons. The lowest BCUT2D eigenvalue weighted by atomic mass is 9.78. The molecule has 31 heavy (non-hydrogen) atoms. The number of aryl methyl sites for hydroxylation is 1. The van der Waals surface area contributed by atoms with Crippen LogP contribution >= 0.6 is 0 Å². The third-order valence-corrected chi connectivity index (χ3v) is 6.68. The number of aliphatic hydroxyl groups is 4. The number of nitrogens with one attached hydrogen (secondary N) is 1. The minimum Gasteiger partial charge on any atom is -0.396 e. The fourth-order valence-electron chi connectivity index (χ4n) is 4.93. The van der Waals surface area contributed by atoms with E-state index in [0.29, 0.717) is 5.56 Å². The van der Waals surface area contributed by atoms with Gasteiger partial charge < -0.3 is 36.2 Å². The van der Waals surface area contributed by atoms with Crippen LogP contribution < -0.4 is 11.1 Å². The Balaban J connectivity index is 1.58. The lowest BCUT2D eigenvalue weighted by molar-refractivity contribution is -0.384. The van der Waals surface area contributed by atoms with Crippen LogP contribution in [0.2, 0.25) is 0 Å². The van der Waals surface area contributed by atoms with Crippen molar-refractivity contribution in [2.45, 2.75) is 37.1 Å². The highest BCUT2D eigenvalue weighted by Gasteiger charge is 2.71. The van der Waals surface area contributed by atoms with Gasteiger partial charge >= 0.3 is 0 Å². The van der Waals surface area contributed by atoms with Crippen LogP contribution in [0.3, 0.4) is 0 Å². The zero-order valence-corrected chi connectivity index (χ0v) is 17.4. The van der Waals surface area contributed by atoms with Gasteiger partial charge in [0.25, 0.3) is 5.91 Å². The summed E-state index contributed by atoms with van der Waals surface area (Å²) in [6.45, 7) is 1.40. The largest absolute Gasteiger partial charge is 0.396 e. The second-order valence-corrected chi connectivity index (χ2v) is 8.39. The van der Waals surface area contributed by atoms with E-state index in [1.807, 2.05) is 43.3 Å². The smallest absolute Gasteiger partial charge is 0.251 e. The predicted molar refractivity (Wildman–Crippen MR) is 113 cm³/mol. The topological polar surface area (TPSA) is 145 Å². The van der Waals surface area contributed by atoms with Crippen molar-refractivity contribution in [1.29, 1.82) is 0 Å². The number of carbonyl (C=O) groups excluding carboxylic acids is 1. The summed E-state index contributed by atoms with van der Waals surface area (Å²) in [7, 11) is 1.59. The monoisotopic (exact) mass is 428 g/mol. The highest BCUT2D eigenvalue weighted by Crippen LogP contribution is 2.55. The summed E-state index contributed by atoms with van der Waals surface area (Å²) in [4.78, 5) is 11.9. The maximum Gasteiger partial charge on any atom is 0.251 e.